The number of aromatic nitrogens is 1. The van der Waals surface area contributed by atoms with Crippen LogP contribution in [0.3, 0.4) is 0 Å². The van der Waals surface area contributed by atoms with E-state index in [9.17, 15) is 15.3 Å². The molecular weight excluding hydrogens is 414 g/mol. The molecule has 1 fully saturated rings. The highest BCUT2D eigenvalue weighted by Crippen LogP contribution is 2.25. The van der Waals surface area contributed by atoms with Crippen molar-refractivity contribution >= 4 is 12.0 Å². The molecule has 1 aliphatic rings. The number of nitriles is 2. The monoisotopic (exact) mass is 445 g/mol. The van der Waals surface area contributed by atoms with Crippen LogP contribution < -0.4 is 4.74 Å². The normalized spacial score (nSPS) is 15.8. The molecule has 7 nitrogen and oxygen atoms in total. The van der Waals surface area contributed by atoms with Gasteiger partial charge < -0.3 is 14.2 Å². The Hall–Kier alpha value is -3.55. The molecule has 1 unspecified atom stereocenters. The van der Waals surface area contributed by atoms with Crippen molar-refractivity contribution in [2.75, 3.05) is 33.3 Å². The molecule has 1 amide bonds. The Balaban J connectivity index is 1.79. The highest BCUT2D eigenvalue weighted by molar-refractivity contribution is 6.02. The molecular formula is C26H31N5O2. The third-order valence-corrected chi connectivity index (χ3v) is 6.21. The van der Waals surface area contributed by atoms with Crippen LogP contribution in [0.15, 0.2) is 35.9 Å². The summed E-state index contributed by atoms with van der Waals surface area (Å²) in [5.41, 5.74) is 3.93. The number of hydrogen-bond acceptors (Lipinski definition) is 5. The first-order valence-electron chi connectivity index (χ1n) is 11.2. The van der Waals surface area contributed by atoms with Crippen molar-refractivity contribution in [3.05, 3.63) is 52.9 Å². The van der Waals surface area contributed by atoms with Gasteiger partial charge in [-0.25, -0.2) is 0 Å². The zero-order chi connectivity index (χ0) is 24.1. The van der Waals surface area contributed by atoms with Gasteiger partial charge in [-0.1, -0.05) is 13.8 Å². The fourth-order valence-corrected chi connectivity index (χ4v) is 4.39. The predicted molar refractivity (Wildman–Crippen MR) is 128 cm³/mol. The molecule has 1 aromatic heterocycles. The molecule has 0 saturated carbocycles. The topological polar surface area (TPSA) is 85.3 Å². The average Bonchev–Trinajstić information content (AvgIpc) is 3.10. The van der Waals surface area contributed by atoms with Gasteiger partial charge in [0.15, 0.2) is 0 Å². The van der Waals surface area contributed by atoms with Gasteiger partial charge in [-0.15, -0.1) is 0 Å². The number of carbonyl (C=O) groups is 1. The lowest BCUT2D eigenvalue weighted by atomic mass is 10.0. The minimum atomic E-state index is -0.260. The molecule has 2 aromatic rings. The van der Waals surface area contributed by atoms with Crippen LogP contribution in [0.5, 0.6) is 5.75 Å². The number of aryl methyl sites for hydroxylation is 1. The molecule has 3 rings (SSSR count). The van der Waals surface area contributed by atoms with Crippen molar-refractivity contribution in [3.63, 3.8) is 0 Å². The molecule has 0 N–H and O–H groups in total. The predicted octanol–water partition coefficient (Wildman–Crippen LogP) is 3.70. The van der Waals surface area contributed by atoms with Gasteiger partial charge in [0.2, 0.25) is 0 Å². The molecule has 0 bridgehead atoms. The zero-order valence-corrected chi connectivity index (χ0v) is 20.0. The van der Waals surface area contributed by atoms with Gasteiger partial charge in [0.25, 0.3) is 5.91 Å². The Morgan fingerprint density at radius 1 is 1.09 bits per heavy atom. The van der Waals surface area contributed by atoms with Gasteiger partial charge in [-0.05, 0) is 61.7 Å². The quantitative estimate of drug-likeness (QED) is 0.500. The molecule has 33 heavy (non-hydrogen) atoms. The van der Waals surface area contributed by atoms with Crippen LogP contribution in [-0.4, -0.2) is 59.6 Å². The second-order valence-corrected chi connectivity index (χ2v) is 8.68. The maximum atomic E-state index is 13.1. The molecule has 2 heterocycles. The minimum absolute atomic E-state index is 0.124. The largest absolute Gasteiger partial charge is 0.497 e. The second kappa shape index (κ2) is 10.4. The lowest BCUT2D eigenvalue weighted by molar-refractivity contribution is -0.128. The van der Waals surface area contributed by atoms with Crippen LogP contribution in [-0.2, 0) is 4.79 Å². The van der Waals surface area contributed by atoms with Gasteiger partial charge in [-0.3, -0.25) is 9.69 Å². The summed E-state index contributed by atoms with van der Waals surface area (Å²) >= 11 is 0. The Morgan fingerprint density at radius 2 is 1.73 bits per heavy atom. The van der Waals surface area contributed by atoms with E-state index >= 15 is 0 Å². The van der Waals surface area contributed by atoms with Crippen LogP contribution in [0.4, 0.5) is 0 Å². The number of benzene rings is 1. The number of methoxy groups -OCH3 is 1. The van der Waals surface area contributed by atoms with E-state index in [0.29, 0.717) is 26.2 Å². The summed E-state index contributed by atoms with van der Waals surface area (Å²) < 4.78 is 7.34. The van der Waals surface area contributed by atoms with E-state index in [2.05, 4.69) is 21.6 Å². The van der Waals surface area contributed by atoms with Crippen LogP contribution >= 0.6 is 0 Å². The van der Waals surface area contributed by atoms with Gasteiger partial charge in [-0.2, -0.15) is 10.5 Å². The molecule has 1 atom stereocenters. The van der Waals surface area contributed by atoms with Crippen molar-refractivity contribution < 1.29 is 9.53 Å². The third-order valence-electron chi connectivity index (χ3n) is 6.21. The van der Waals surface area contributed by atoms with E-state index in [0.717, 1.165) is 28.4 Å². The summed E-state index contributed by atoms with van der Waals surface area (Å²) in [4.78, 5) is 16.9. The van der Waals surface area contributed by atoms with E-state index in [1.165, 1.54) is 0 Å². The molecule has 0 aliphatic carbocycles. The number of nitrogens with zero attached hydrogens (tertiary/aromatic N) is 5. The molecule has 172 valence electrons. The average molecular weight is 446 g/mol. The number of piperazine rings is 1. The van der Waals surface area contributed by atoms with Crippen LogP contribution in [0, 0.1) is 42.4 Å². The van der Waals surface area contributed by atoms with Gasteiger partial charge in [0, 0.05) is 43.3 Å². The lowest BCUT2D eigenvalue weighted by Crippen LogP contribution is -2.53. The van der Waals surface area contributed by atoms with Gasteiger partial charge in [0.05, 0.1) is 13.2 Å². The fourth-order valence-electron chi connectivity index (χ4n) is 4.39. The van der Waals surface area contributed by atoms with Crippen LogP contribution in [0.2, 0.25) is 0 Å². The van der Waals surface area contributed by atoms with E-state index in [-0.39, 0.29) is 23.4 Å². The molecule has 0 spiro atoms. The molecule has 1 aromatic carbocycles. The van der Waals surface area contributed by atoms with Crippen LogP contribution in [0.25, 0.3) is 11.8 Å². The Bertz CT molecular complexity index is 1110. The van der Waals surface area contributed by atoms with E-state index in [1.54, 1.807) is 18.1 Å². The van der Waals surface area contributed by atoms with Crippen molar-refractivity contribution in [1.29, 1.82) is 10.5 Å². The zero-order valence-electron chi connectivity index (χ0n) is 20.0. The summed E-state index contributed by atoms with van der Waals surface area (Å²) in [6.45, 7) is 10.3. The number of hydrogen-bond donors (Lipinski definition) is 0. The highest BCUT2D eigenvalue weighted by Gasteiger charge is 2.29. The smallest absolute Gasteiger partial charge is 0.264 e. The number of rotatable bonds is 6. The first kappa shape index (κ1) is 24.1. The van der Waals surface area contributed by atoms with Crippen molar-refractivity contribution in [3.8, 4) is 23.6 Å². The summed E-state index contributed by atoms with van der Waals surface area (Å²) in [7, 11) is 1.64. The van der Waals surface area contributed by atoms with Crippen molar-refractivity contribution in [2.24, 2.45) is 5.92 Å². The SMILES string of the molecule is COc1ccc(-n2c(C)cc(/C=C(/C#N)C(=O)N3CCN(C(C#N)C(C)C)CC3)c2C)cc1. The summed E-state index contributed by atoms with van der Waals surface area (Å²) in [6.07, 6.45) is 1.68. The van der Waals surface area contributed by atoms with E-state index < -0.39 is 0 Å². The summed E-state index contributed by atoms with van der Waals surface area (Å²) in [5.74, 6) is 0.755. The summed E-state index contributed by atoms with van der Waals surface area (Å²) in [5, 5.41) is 19.2. The Labute approximate surface area is 196 Å². The third kappa shape index (κ3) is 5.10. The lowest BCUT2D eigenvalue weighted by Gasteiger charge is -2.38. The van der Waals surface area contributed by atoms with Crippen molar-refractivity contribution in [1.82, 2.24) is 14.4 Å². The maximum Gasteiger partial charge on any atom is 0.264 e. The molecule has 1 saturated heterocycles. The Kier molecular flexibility index (Phi) is 7.58. The van der Waals surface area contributed by atoms with Gasteiger partial charge in [0.1, 0.15) is 23.4 Å². The molecule has 0 radical (unpaired) electrons. The minimum Gasteiger partial charge on any atom is -0.497 e. The number of ether oxygens (including phenoxy) is 1. The highest BCUT2D eigenvalue weighted by atomic mass is 16.5. The summed E-state index contributed by atoms with van der Waals surface area (Å²) in [6, 6.07) is 14.1. The maximum absolute atomic E-state index is 13.1. The molecule has 1 aliphatic heterocycles. The second-order valence-electron chi connectivity index (χ2n) is 8.68. The fraction of sp³-hybridized carbons (Fsp3) is 0.423. The number of amides is 1. The van der Waals surface area contributed by atoms with Crippen molar-refractivity contribution in [2.45, 2.75) is 33.7 Å². The van der Waals surface area contributed by atoms with E-state index in [1.807, 2.05) is 58.0 Å². The Morgan fingerprint density at radius 3 is 2.24 bits per heavy atom. The molecule has 7 heteroatoms. The van der Waals surface area contributed by atoms with Gasteiger partial charge >= 0.3 is 0 Å². The van der Waals surface area contributed by atoms with E-state index in [4.69, 9.17) is 4.74 Å². The first-order chi connectivity index (χ1) is 15.8. The first-order valence-corrected chi connectivity index (χ1v) is 11.2. The standard InChI is InChI=1S/C26H31N5O2/c1-18(2)25(17-28)29-10-12-30(13-11-29)26(32)22(16-27)15-21-14-19(3)31(20(21)4)23-6-8-24(33-5)9-7-23/h6-9,14-15,18,25H,10-13H2,1-5H3/b22-15-. The number of carbonyl (C=O) groups excluding carboxylic acids is 1. The van der Waals surface area contributed by atoms with Crippen LogP contribution in [0.1, 0.15) is 30.8 Å².